The Morgan fingerprint density at radius 3 is 2.58 bits per heavy atom. The van der Waals surface area contributed by atoms with Gasteiger partial charge in [0.05, 0.1) is 5.41 Å². The van der Waals surface area contributed by atoms with E-state index in [4.69, 9.17) is 4.74 Å². The number of hydrogen-bond acceptors (Lipinski definition) is 2. The molecule has 104 valence electrons. The average Bonchev–Trinajstić information content (AvgIpc) is 2.95. The number of rotatable bonds is 6. The van der Waals surface area contributed by atoms with Crippen molar-refractivity contribution < 1.29 is 9.53 Å². The smallest absolute Gasteiger partial charge is 0.230 e. The van der Waals surface area contributed by atoms with Crippen molar-refractivity contribution in [2.75, 3.05) is 20.3 Å². The maximum Gasteiger partial charge on any atom is 0.230 e. The summed E-state index contributed by atoms with van der Waals surface area (Å²) >= 11 is 0. The second-order valence-electron chi connectivity index (χ2n) is 5.26. The molecule has 3 nitrogen and oxygen atoms in total. The minimum absolute atomic E-state index is 0.187. The second-order valence-corrected chi connectivity index (χ2v) is 5.26. The first kappa shape index (κ1) is 14.1. The molecule has 0 aromatic heterocycles. The zero-order chi connectivity index (χ0) is 13.6. The topological polar surface area (TPSA) is 38.3 Å². The van der Waals surface area contributed by atoms with E-state index in [2.05, 4.69) is 17.4 Å². The van der Waals surface area contributed by atoms with Crippen LogP contribution >= 0.6 is 0 Å². The van der Waals surface area contributed by atoms with Crippen LogP contribution in [0.15, 0.2) is 30.3 Å². The Bertz CT molecular complexity index is 396. The van der Waals surface area contributed by atoms with Gasteiger partial charge in [0, 0.05) is 20.3 Å². The summed E-state index contributed by atoms with van der Waals surface area (Å²) in [5.74, 6) is 0.187. The number of carbonyl (C=O) groups is 1. The van der Waals surface area contributed by atoms with Gasteiger partial charge in [-0.3, -0.25) is 4.79 Å². The fourth-order valence-corrected chi connectivity index (χ4v) is 2.97. The van der Waals surface area contributed by atoms with Crippen molar-refractivity contribution in [2.24, 2.45) is 0 Å². The Kier molecular flexibility index (Phi) is 4.97. The SMILES string of the molecule is COCCCNC(=O)C1(c2ccccc2)CCCC1. The summed E-state index contributed by atoms with van der Waals surface area (Å²) in [7, 11) is 1.68. The van der Waals surface area contributed by atoms with Crippen molar-refractivity contribution in [3.8, 4) is 0 Å². The predicted molar refractivity (Wildman–Crippen MR) is 76.1 cm³/mol. The van der Waals surface area contributed by atoms with E-state index in [1.807, 2.05) is 18.2 Å². The fraction of sp³-hybridized carbons (Fsp3) is 0.562. The molecule has 3 heteroatoms. The highest BCUT2D eigenvalue weighted by atomic mass is 16.5. The summed E-state index contributed by atoms with van der Waals surface area (Å²) in [6.45, 7) is 1.39. The van der Waals surface area contributed by atoms with Crippen LogP contribution in [0.1, 0.15) is 37.7 Å². The highest BCUT2D eigenvalue weighted by Gasteiger charge is 2.42. The number of hydrogen-bond donors (Lipinski definition) is 1. The van der Waals surface area contributed by atoms with Gasteiger partial charge < -0.3 is 10.1 Å². The number of ether oxygens (including phenoxy) is 1. The molecule has 0 bridgehead atoms. The van der Waals surface area contributed by atoms with Crippen LogP contribution in [0.3, 0.4) is 0 Å². The van der Waals surface area contributed by atoms with Crippen LogP contribution in [0.4, 0.5) is 0 Å². The lowest BCUT2D eigenvalue weighted by Gasteiger charge is -2.28. The fourth-order valence-electron chi connectivity index (χ4n) is 2.97. The van der Waals surface area contributed by atoms with Gasteiger partial charge in [0.2, 0.25) is 5.91 Å². The quantitative estimate of drug-likeness (QED) is 0.799. The Labute approximate surface area is 115 Å². The van der Waals surface area contributed by atoms with Crippen LogP contribution in [-0.2, 0) is 14.9 Å². The summed E-state index contributed by atoms with van der Waals surface area (Å²) < 4.78 is 5.01. The van der Waals surface area contributed by atoms with Crippen molar-refractivity contribution in [3.63, 3.8) is 0 Å². The minimum atomic E-state index is -0.297. The van der Waals surface area contributed by atoms with E-state index in [9.17, 15) is 4.79 Å². The standard InChI is InChI=1S/C16H23NO2/c1-19-13-7-12-17-15(18)16(10-5-6-11-16)14-8-3-2-4-9-14/h2-4,8-9H,5-7,10-13H2,1H3,(H,17,18). The van der Waals surface area contributed by atoms with Gasteiger partial charge in [0.1, 0.15) is 0 Å². The average molecular weight is 261 g/mol. The van der Waals surface area contributed by atoms with E-state index in [1.54, 1.807) is 7.11 Å². The highest BCUT2D eigenvalue weighted by Crippen LogP contribution is 2.41. The Hall–Kier alpha value is -1.35. The van der Waals surface area contributed by atoms with Crippen molar-refractivity contribution in [1.29, 1.82) is 0 Å². The second kappa shape index (κ2) is 6.71. The maximum atomic E-state index is 12.6. The molecule has 1 N–H and O–H groups in total. The van der Waals surface area contributed by atoms with E-state index < -0.39 is 0 Å². The largest absolute Gasteiger partial charge is 0.385 e. The van der Waals surface area contributed by atoms with Gasteiger partial charge in [-0.05, 0) is 24.8 Å². The van der Waals surface area contributed by atoms with Crippen LogP contribution in [0.2, 0.25) is 0 Å². The lowest BCUT2D eigenvalue weighted by molar-refractivity contribution is -0.126. The molecule has 1 fully saturated rings. The van der Waals surface area contributed by atoms with E-state index in [1.165, 1.54) is 0 Å². The van der Waals surface area contributed by atoms with Gasteiger partial charge in [-0.15, -0.1) is 0 Å². The van der Waals surface area contributed by atoms with Gasteiger partial charge in [0.15, 0.2) is 0 Å². The van der Waals surface area contributed by atoms with Crippen LogP contribution in [0, 0.1) is 0 Å². The zero-order valence-corrected chi connectivity index (χ0v) is 11.7. The first-order chi connectivity index (χ1) is 9.29. The van der Waals surface area contributed by atoms with Crippen molar-refractivity contribution in [1.82, 2.24) is 5.32 Å². The van der Waals surface area contributed by atoms with E-state index >= 15 is 0 Å². The van der Waals surface area contributed by atoms with Crippen LogP contribution in [0.25, 0.3) is 0 Å². The monoisotopic (exact) mass is 261 g/mol. The van der Waals surface area contributed by atoms with Gasteiger partial charge in [-0.1, -0.05) is 43.2 Å². The molecule has 0 unspecified atom stereocenters. The zero-order valence-electron chi connectivity index (χ0n) is 11.7. The molecule has 0 atom stereocenters. The van der Waals surface area contributed by atoms with Crippen molar-refractivity contribution >= 4 is 5.91 Å². The Balaban J connectivity index is 2.05. The van der Waals surface area contributed by atoms with E-state index in [-0.39, 0.29) is 11.3 Å². The third kappa shape index (κ3) is 3.16. The molecule has 1 aliphatic rings. The number of amides is 1. The lowest BCUT2D eigenvalue weighted by atomic mass is 9.78. The number of carbonyl (C=O) groups excluding carboxylic acids is 1. The summed E-state index contributed by atoms with van der Waals surface area (Å²) in [5, 5.41) is 3.08. The van der Waals surface area contributed by atoms with Crippen LogP contribution < -0.4 is 5.32 Å². The summed E-state index contributed by atoms with van der Waals surface area (Å²) in [6, 6.07) is 10.2. The molecule has 0 radical (unpaired) electrons. The maximum absolute atomic E-state index is 12.6. The number of benzene rings is 1. The third-order valence-electron chi connectivity index (χ3n) is 4.03. The molecule has 1 saturated carbocycles. The van der Waals surface area contributed by atoms with Gasteiger partial charge in [0.25, 0.3) is 0 Å². The molecule has 2 rings (SSSR count). The summed E-state index contributed by atoms with van der Waals surface area (Å²) in [5.41, 5.74) is 0.866. The van der Waals surface area contributed by atoms with Crippen molar-refractivity contribution in [2.45, 2.75) is 37.5 Å². The molecule has 1 amide bonds. The van der Waals surface area contributed by atoms with E-state index in [0.717, 1.165) is 37.7 Å². The molecule has 0 saturated heterocycles. The molecule has 1 aromatic rings. The summed E-state index contributed by atoms with van der Waals surface area (Å²) in [4.78, 5) is 12.6. The predicted octanol–water partition coefficient (Wildman–Crippen LogP) is 2.65. The first-order valence-corrected chi connectivity index (χ1v) is 7.12. The Morgan fingerprint density at radius 1 is 1.26 bits per heavy atom. The van der Waals surface area contributed by atoms with Gasteiger partial charge in [-0.25, -0.2) is 0 Å². The molecular formula is C16H23NO2. The van der Waals surface area contributed by atoms with Crippen LogP contribution in [0.5, 0.6) is 0 Å². The Morgan fingerprint density at radius 2 is 1.95 bits per heavy atom. The molecule has 1 aromatic carbocycles. The number of methoxy groups -OCH3 is 1. The molecular weight excluding hydrogens is 238 g/mol. The third-order valence-corrected chi connectivity index (χ3v) is 4.03. The van der Waals surface area contributed by atoms with Crippen molar-refractivity contribution in [3.05, 3.63) is 35.9 Å². The molecule has 1 aliphatic carbocycles. The molecule has 0 heterocycles. The van der Waals surface area contributed by atoms with Crippen LogP contribution in [-0.4, -0.2) is 26.2 Å². The normalized spacial score (nSPS) is 17.3. The number of nitrogens with one attached hydrogen (secondary N) is 1. The summed E-state index contributed by atoms with van der Waals surface area (Å²) in [6.07, 6.45) is 5.08. The van der Waals surface area contributed by atoms with E-state index in [0.29, 0.717) is 13.2 Å². The van der Waals surface area contributed by atoms with Gasteiger partial charge in [-0.2, -0.15) is 0 Å². The van der Waals surface area contributed by atoms with Gasteiger partial charge >= 0.3 is 0 Å². The first-order valence-electron chi connectivity index (χ1n) is 7.12. The minimum Gasteiger partial charge on any atom is -0.385 e. The highest BCUT2D eigenvalue weighted by molar-refractivity contribution is 5.88. The lowest BCUT2D eigenvalue weighted by Crippen LogP contribution is -2.43. The molecule has 0 spiro atoms. The molecule has 0 aliphatic heterocycles. The molecule has 19 heavy (non-hydrogen) atoms.